The molecule has 0 nitrogen and oxygen atoms in total. The molecular weight excluding hydrogens is 236 g/mol. The maximum absolute atomic E-state index is 3.61. The van der Waals surface area contributed by atoms with Gasteiger partial charge in [-0.05, 0) is 36.7 Å². The molecule has 0 aromatic heterocycles. The van der Waals surface area contributed by atoms with Gasteiger partial charge >= 0.3 is 0 Å². The summed E-state index contributed by atoms with van der Waals surface area (Å²) in [4.78, 5) is 0. The van der Waals surface area contributed by atoms with Crippen LogP contribution in [-0.4, -0.2) is 5.33 Å². The molecule has 2 unspecified atom stereocenters. The van der Waals surface area contributed by atoms with Gasteiger partial charge in [-0.25, -0.2) is 0 Å². The third-order valence-corrected chi connectivity index (χ3v) is 4.19. The Morgan fingerprint density at radius 2 is 1.93 bits per heavy atom. The van der Waals surface area contributed by atoms with Crippen LogP contribution < -0.4 is 0 Å². The predicted octanol–water partition coefficient (Wildman–Crippen LogP) is 4.36. The lowest BCUT2D eigenvalue weighted by Crippen LogP contribution is -2.15. The van der Waals surface area contributed by atoms with Gasteiger partial charge in [-0.15, -0.1) is 0 Å². The summed E-state index contributed by atoms with van der Waals surface area (Å²) < 4.78 is 0. The zero-order valence-electron chi connectivity index (χ0n) is 8.45. The summed E-state index contributed by atoms with van der Waals surface area (Å²) in [5.74, 6) is 1.71. The number of benzene rings is 1. The first kappa shape index (κ1) is 10.2. The van der Waals surface area contributed by atoms with Crippen LogP contribution in [0.3, 0.4) is 0 Å². The minimum atomic E-state index is 0.812. The van der Waals surface area contributed by atoms with Crippen molar-refractivity contribution in [2.75, 3.05) is 5.33 Å². The molecule has 0 spiro atoms. The molecule has 0 amide bonds. The summed E-state index contributed by atoms with van der Waals surface area (Å²) in [5, 5.41) is 1.18. The van der Waals surface area contributed by atoms with Crippen molar-refractivity contribution in [3.63, 3.8) is 0 Å². The largest absolute Gasteiger partial charge is 0.0925 e. The van der Waals surface area contributed by atoms with Crippen LogP contribution >= 0.6 is 15.9 Å². The molecule has 1 saturated carbocycles. The number of hydrogen-bond acceptors (Lipinski definition) is 0. The van der Waals surface area contributed by atoms with Crippen molar-refractivity contribution in [3.05, 3.63) is 35.9 Å². The number of alkyl halides is 1. The molecule has 2 rings (SSSR count). The molecule has 0 radical (unpaired) electrons. The van der Waals surface area contributed by atoms with Crippen molar-refractivity contribution in [3.8, 4) is 0 Å². The van der Waals surface area contributed by atoms with E-state index in [-0.39, 0.29) is 0 Å². The maximum atomic E-state index is 3.61. The standard InChI is InChI=1S/C13H17Br/c14-10-11-5-4-8-13(9-11)12-6-2-1-3-7-12/h1-3,6-7,11,13H,4-5,8-10H2. The zero-order valence-corrected chi connectivity index (χ0v) is 10.0. The quantitative estimate of drug-likeness (QED) is 0.687. The van der Waals surface area contributed by atoms with Gasteiger partial charge in [0.25, 0.3) is 0 Å². The maximum Gasteiger partial charge on any atom is 0.00598 e. The second-order valence-corrected chi connectivity index (χ2v) is 4.94. The van der Waals surface area contributed by atoms with E-state index in [1.54, 1.807) is 0 Å². The molecule has 76 valence electrons. The molecule has 0 aliphatic heterocycles. The second-order valence-electron chi connectivity index (χ2n) is 4.29. The minimum absolute atomic E-state index is 0.812. The van der Waals surface area contributed by atoms with E-state index in [0.717, 1.165) is 11.8 Å². The Kier molecular flexibility index (Phi) is 3.63. The molecule has 1 aliphatic rings. The summed E-state index contributed by atoms with van der Waals surface area (Å²) in [5.41, 5.74) is 1.54. The topological polar surface area (TPSA) is 0 Å². The molecule has 0 N–H and O–H groups in total. The van der Waals surface area contributed by atoms with Crippen molar-refractivity contribution in [1.82, 2.24) is 0 Å². The Morgan fingerprint density at radius 3 is 2.64 bits per heavy atom. The molecule has 0 heterocycles. The summed E-state index contributed by atoms with van der Waals surface area (Å²) in [6.45, 7) is 0. The Balaban J connectivity index is 2.04. The highest BCUT2D eigenvalue weighted by Gasteiger charge is 2.21. The molecule has 1 fully saturated rings. The van der Waals surface area contributed by atoms with Crippen LogP contribution in [0.15, 0.2) is 30.3 Å². The minimum Gasteiger partial charge on any atom is -0.0925 e. The third kappa shape index (κ3) is 2.38. The first-order valence-electron chi connectivity index (χ1n) is 5.51. The Labute approximate surface area is 94.8 Å². The highest BCUT2D eigenvalue weighted by atomic mass is 79.9. The fourth-order valence-electron chi connectivity index (χ4n) is 2.46. The Bertz CT molecular complexity index is 268. The van der Waals surface area contributed by atoms with Gasteiger partial charge in [-0.2, -0.15) is 0 Å². The van der Waals surface area contributed by atoms with Gasteiger partial charge in [0, 0.05) is 5.33 Å². The zero-order chi connectivity index (χ0) is 9.80. The Morgan fingerprint density at radius 1 is 1.14 bits per heavy atom. The number of rotatable bonds is 2. The van der Waals surface area contributed by atoms with E-state index < -0.39 is 0 Å². The van der Waals surface area contributed by atoms with Crippen molar-refractivity contribution < 1.29 is 0 Å². The lowest BCUT2D eigenvalue weighted by atomic mass is 9.79. The van der Waals surface area contributed by atoms with Gasteiger partial charge in [0.15, 0.2) is 0 Å². The third-order valence-electron chi connectivity index (χ3n) is 3.27. The van der Waals surface area contributed by atoms with E-state index in [9.17, 15) is 0 Å². The summed E-state index contributed by atoms with van der Waals surface area (Å²) in [6, 6.07) is 11.0. The summed E-state index contributed by atoms with van der Waals surface area (Å²) in [7, 11) is 0. The van der Waals surface area contributed by atoms with Gasteiger partial charge in [0.2, 0.25) is 0 Å². The molecule has 1 aromatic carbocycles. The molecule has 1 heteroatoms. The Hall–Kier alpha value is -0.300. The summed E-state index contributed by atoms with van der Waals surface area (Å²) in [6.07, 6.45) is 5.56. The van der Waals surface area contributed by atoms with Crippen LogP contribution in [0.4, 0.5) is 0 Å². The van der Waals surface area contributed by atoms with E-state index >= 15 is 0 Å². The molecule has 0 bridgehead atoms. The van der Waals surface area contributed by atoms with Gasteiger partial charge in [0.1, 0.15) is 0 Å². The van der Waals surface area contributed by atoms with Crippen LogP contribution in [0.2, 0.25) is 0 Å². The van der Waals surface area contributed by atoms with Crippen molar-refractivity contribution in [1.29, 1.82) is 0 Å². The molecule has 1 aliphatic carbocycles. The molecule has 14 heavy (non-hydrogen) atoms. The number of halogens is 1. The summed E-state index contributed by atoms with van der Waals surface area (Å²) >= 11 is 3.61. The highest BCUT2D eigenvalue weighted by molar-refractivity contribution is 9.09. The lowest BCUT2D eigenvalue weighted by Gasteiger charge is -2.28. The SMILES string of the molecule is BrCC1CCCC(c2ccccc2)C1. The molecule has 0 saturated heterocycles. The highest BCUT2D eigenvalue weighted by Crippen LogP contribution is 2.36. The van der Waals surface area contributed by atoms with Crippen molar-refractivity contribution in [2.45, 2.75) is 31.6 Å². The van der Waals surface area contributed by atoms with Crippen LogP contribution in [-0.2, 0) is 0 Å². The fourth-order valence-corrected chi connectivity index (χ4v) is 3.05. The van der Waals surface area contributed by atoms with Crippen molar-refractivity contribution >= 4 is 15.9 Å². The average Bonchev–Trinajstić information content (AvgIpc) is 2.30. The van der Waals surface area contributed by atoms with Crippen LogP contribution in [0.1, 0.15) is 37.2 Å². The van der Waals surface area contributed by atoms with E-state index in [2.05, 4.69) is 46.3 Å². The van der Waals surface area contributed by atoms with Gasteiger partial charge in [-0.1, -0.05) is 52.7 Å². The monoisotopic (exact) mass is 252 g/mol. The fraction of sp³-hybridized carbons (Fsp3) is 0.538. The molecule has 1 aromatic rings. The lowest BCUT2D eigenvalue weighted by molar-refractivity contribution is 0.350. The second kappa shape index (κ2) is 4.97. The van der Waals surface area contributed by atoms with E-state index in [0.29, 0.717) is 0 Å². The van der Waals surface area contributed by atoms with Gasteiger partial charge < -0.3 is 0 Å². The predicted molar refractivity (Wildman–Crippen MR) is 64.9 cm³/mol. The van der Waals surface area contributed by atoms with Crippen LogP contribution in [0.5, 0.6) is 0 Å². The van der Waals surface area contributed by atoms with Gasteiger partial charge in [0.05, 0.1) is 0 Å². The first-order chi connectivity index (χ1) is 6.90. The van der Waals surface area contributed by atoms with Crippen LogP contribution in [0, 0.1) is 5.92 Å². The molecule has 2 atom stereocenters. The van der Waals surface area contributed by atoms with E-state index in [1.165, 1.54) is 36.6 Å². The van der Waals surface area contributed by atoms with Crippen molar-refractivity contribution in [2.24, 2.45) is 5.92 Å². The smallest absolute Gasteiger partial charge is 0.00598 e. The van der Waals surface area contributed by atoms with E-state index in [1.807, 2.05) is 0 Å². The first-order valence-corrected chi connectivity index (χ1v) is 6.63. The average molecular weight is 253 g/mol. The normalized spacial score (nSPS) is 27.5. The van der Waals surface area contributed by atoms with E-state index in [4.69, 9.17) is 0 Å². The number of hydrogen-bond donors (Lipinski definition) is 0. The molecular formula is C13H17Br. The van der Waals surface area contributed by atoms with Crippen LogP contribution in [0.25, 0.3) is 0 Å². The van der Waals surface area contributed by atoms with Gasteiger partial charge in [-0.3, -0.25) is 0 Å².